The lowest BCUT2D eigenvalue weighted by atomic mass is 10.1. The van der Waals surface area contributed by atoms with Crippen LogP contribution in [0.25, 0.3) is 0 Å². The molecule has 0 aromatic rings. The number of hydrogen-bond donors (Lipinski definition) is 1. The first-order valence-electron chi connectivity index (χ1n) is 5.12. The van der Waals surface area contributed by atoms with Crippen LogP contribution in [-0.4, -0.2) is 23.6 Å². The molecule has 0 aromatic carbocycles. The maximum absolute atomic E-state index is 8.76. The van der Waals surface area contributed by atoms with E-state index in [-0.39, 0.29) is 0 Å². The van der Waals surface area contributed by atoms with Gasteiger partial charge in [-0.05, 0) is 31.4 Å². The predicted octanol–water partition coefficient (Wildman–Crippen LogP) is 1.77. The molecule has 3 unspecified atom stereocenters. The third-order valence-corrected chi connectivity index (χ3v) is 4.18. The van der Waals surface area contributed by atoms with E-state index in [4.69, 9.17) is 5.26 Å². The van der Waals surface area contributed by atoms with Crippen molar-refractivity contribution >= 4 is 11.8 Å². The van der Waals surface area contributed by atoms with Gasteiger partial charge in [0.25, 0.3) is 0 Å². The van der Waals surface area contributed by atoms with Crippen LogP contribution in [0.4, 0.5) is 0 Å². The second kappa shape index (κ2) is 4.34. The topological polar surface area (TPSA) is 35.8 Å². The molecule has 2 fully saturated rings. The molecule has 3 heteroatoms. The lowest BCUT2D eigenvalue weighted by Gasteiger charge is -2.17. The van der Waals surface area contributed by atoms with E-state index in [1.807, 2.05) is 11.8 Å². The normalized spacial score (nSPS) is 39.2. The lowest BCUT2D eigenvalue weighted by molar-refractivity contribution is 0.450. The van der Waals surface area contributed by atoms with E-state index in [0.29, 0.717) is 12.0 Å². The van der Waals surface area contributed by atoms with Crippen molar-refractivity contribution in [1.82, 2.24) is 5.32 Å². The maximum Gasteiger partial charge on any atom is 0.0656 e. The smallest absolute Gasteiger partial charge is 0.0656 e. The number of nitrogens with zero attached hydrogens (tertiary/aromatic N) is 1. The van der Waals surface area contributed by atoms with Gasteiger partial charge in [-0.25, -0.2) is 0 Å². The molecule has 0 radical (unpaired) electrons. The van der Waals surface area contributed by atoms with Crippen molar-refractivity contribution in [3.63, 3.8) is 0 Å². The maximum atomic E-state index is 8.76. The summed E-state index contributed by atoms with van der Waals surface area (Å²) in [5, 5.41) is 12.4. The molecule has 2 aliphatic rings. The van der Waals surface area contributed by atoms with Gasteiger partial charge in [-0.2, -0.15) is 17.0 Å². The van der Waals surface area contributed by atoms with Crippen molar-refractivity contribution < 1.29 is 0 Å². The first-order valence-corrected chi connectivity index (χ1v) is 6.27. The molecule has 13 heavy (non-hydrogen) atoms. The third-order valence-electron chi connectivity index (χ3n) is 3.02. The molecule has 1 aliphatic carbocycles. The summed E-state index contributed by atoms with van der Waals surface area (Å²) in [6.45, 7) is 0. The Bertz CT molecular complexity index is 205. The van der Waals surface area contributed by atoms with E-state index in [0.717, 1.165) is 18.9 Å². The molecule has 3 atom stereocenters. The Morgan fingerprint density at radius 3 is 2.77 bits per heavy atom. The molecule has 0 spiro atoms. The number of rotatable bonds is 2. The standard InChI is InChI=1S/C10H16N2S/c11-6-8-1-2-9(5-8)12-10-3-4-13-7-10/h8-10,12H,1-5,7H2. The van der Waals surface area contributed by atoms with Gasteiger partial charge in [0, 0.05) is 23.8 Å². The van der Waals surface area contributed by atoms with Gasteiger partial charge in [0.1, 0.15) is 0 Å². The highest BCUT2D eigenvalue weighted by Gasteiger charge is 2.27. The van der Waals surface area contributed by atoms with E-state index < -0.39 is 0 Å². The Hall–Kier alpha value is -0.200. The Morgan fingerprint density at radius 2 is 2.15 bits per heavy atom. The quantitative estimate of drug-likeness (QED) is 0.731. The first kappa shape index (κ1) is 9.36. The molecule has 1 N–H and O–H groups in total. The van der Waals surface area contributed by atoms with Crippen LogP contribution < -0.4 is 5.32 Å². The number of nitrogens with one attached hydrogen (secondary N) is 1. The third kappa shape index (κ3) is 2.38. The molecule has 0 aromatic heterocycles. The van der Waals surface area contributed by atoms with E-state index in [2.05, 4.69) is 11.4 Å². The summed E-state index contributed by atoms with van der Waals surface area (Å²) in [6.07, 6.45) is 4.71. The van der Waals surface area contributed by atoms with Gasteiger partial charge in [-0.3, -0.25) is 0 Å². The van der Waals surface area contributed by atoms with Gasteiger partial charge in [-0.1, -0.05) is 0 Å². The largest absolute Gasteiger partial charge is 0.310 e. The number of nitriles is 1. The highest BCUT2D eigenvalue weighted by atomic mass is 32.2. The fraction of sp³-hybridized carbons (Fsp3) is 0.900. The summed E-state index contributed by atoms with van der Waals surface area (Å²) in [4.78, 5) is 0. The van der Waals surface area contributed by atoms with Crippen LogP contribution in [0.5, 0.6) is 0 Å². The molecule has 0 bridgehead atoms. The summed E-state index contributed by atoms with van der Waals surface area (Å²) in [5.41, 5.74) is 0. The lowest BCUT2D eigenvalue weighted by Crippen LogP contribution is -2.36. The van der Waals surface area contributed by atoms with Gasteiger partial charge in [-0.15, -0.1) is 0 Å². The van der Waals surface area contributed by atoms with E-state index in [9.17, 15) is 0 Å². The minimum Gasteiger partial charge on any atom is -0.310 e. The molecular formula is C10H16N2S. The van der Waals surface area contributed by atoms with Crippen LogP contribution in [-0.2, 0) is 0 Å². The van der Waals surface area contributed by atoms with Crippen LogP contribution in [0, 0.1) is 17.2 Å². The summed E-state index contributed by atoms with van der Waals surface area (Å²) in [6, 6.07) is 3.74. The summed E-state index contributed by atoms with van der Waals surface area (Å²) in [5.74, 6) is 2.91. The summed E-state index contributed by atoms with van der Waals surface area (Å²) < 4.78 is 0. The monoisotopic (exact) mass is 196 g/mol. The van der Waals surface area contributed by atoms with Gasteiger partial charge >= 0.3 is 0 Å². The zero-order valence-electron chi connectivity index (χ0n) is 7.83. The Kier molecular flexibility index (Phi) is 3.13. The number of hydrogen-bond acceptors (Lipinski definition) is 3. The van der Waals surface area contributed by atoms with Crippen molar-refractivity contribution in [2.75, 3.05) is 11.5 Å². The SMILES string of the molecule is N#CC1CCC(NC2CCSC2)C1. The molecule has 1 saturated carbocycles. The summed E-state index contributed by atoms with van der Waals surface area (Å²) >= 11 is 2.04. The molecule has 1 heterocycles. The average molecular weight is 196 g/mol. The second-order valence-electron chi connectivity index (χ2n) is 4.06. The van der Waals surface area contributed by atoms with Gasteiger partial charge in [0.2, 0.25) is 0 Å². The van der Waals surface area contributed by atoms with Crippen molar-refractivity contribution in [2.24, 2.45) is 5.92 Å². The highest BCUT2D eigenvalue weighted by molar-refractivity contribution is 7.99. The minimum absolute atomic E-state index is 0.326. The van der Waals surface area contributed by atoms with Crippen LogP contribution in [0.2, 0.25) is 0 Å². The minimum atomic E-state index is 0.326. The second-order valence-corrected chi connectivity index (χ2v) is 5.21. The highest BCUT2D eigenvalue weighted by Crippen LogP contribution is 2.26. The fourth-order valence-corrected chi connectivity index (χ4v) is 3.41. The molecule has 2 rings (SSSR count). The van der Waals surface area contributed by atoms with Crippen LogP contribution in [0.3, 0.4) is 0 Å². The van der Waals surface area contributed by atoms with Crippen molar-refractivity contribution in [1.29, 1.82) is 5.26 Å². The van der Waals surface area contributed by atoms with Gasteiger partial charge in [0.15, 0.2) is 0 Å². The van der Waals surface area contributed by atoms with E-state index in [1.54, 1.807) is 0 Å². The van der Waals surface area contributed by atoms with Crippen LogP contribution >= 0.6 is 11.8 Å². The van der Waals surface area contributed by atoms with E-state index >= 15 is 0 Å². The molecule has 1 aliphatic heterocycles. The molecule has 72 valence electrons. The Balaban J connectivity index is 1.74. The van der Waals surface area contributed by atoms with Crippen LogP contribution in [0.1, 0.15) is 25.7 Å². The van der Waals surface area contributed by atoms with Crippen molar-refractivity contribution in [3.8, 4) is 6.07 Å². The van der Waals surface area contributed by atoms with Gasteiger partial charge in [0.05, 0.1) is 6.07 Å². The molecule has 0 amide bonds. The average Bonchev–Trinajstić information content (AvgIpc) is 2.76. The fourth-order valence-electron chi connectivity index (χ4n) is 2.25. The molecule has 2 nitrogen and oxygen atoms in total. The van der Waals surface area contributed by atoms with Crippen molar-refractivity contribution in [2.45, 2.75) is 37.8 Å². The van der Waals surface area contributed by atoms with Crippen molar-refractivity contribution in [3.05, 3.63) is 0 Å². The van der Waals surface area contributed by atoms with Crippen LogP contribution in [0.15, 0.2) is 0 Å². The summed E-state index contributed by atoms with van der Waals surface area (Å²) in [7, 11) is 0. The predicted molar refractivity (Wildman–Crippen MR) is 55.6 cm³/mol. The Labute approximate surface area is 84.1 Å². The van der Waals surface area contributed by atoms with Gasteiger partial charge < -0.3 is 5.32 Å². The zero-order valence-corrected chi connectivity index (χ0v) is 8.65. The molecular weight excluding hydrogens is 180 g/mol. The molecule has 1 saturated heterocycles. The van der Waals surface area contributed by atoms with E-state index in [1.165, 1.54) is 24.3 Å². The zero-order chi connectivity index (χ0) is 9.10. The first-order chi connectivity index (χ1) is 6.38. The Morgan fingerprint density at radius 1 is 1.23 bits per heavy atom. The number of thioether (sulfide) groups is 1.